The largest absolute Gasteiger partial charge is 0.494 e. The highest BCUT2D eigenvalue weighted by Gasteiger charge is 2.10. The summed E-state index contributed by atoms with van der Waals surface area (Å²) in [6.07, 6.45) is 13.4. The fourth-order valence-corrected chi connectivity index (χ4v) is 4.26. The molecule has 0 amide bonds. The first-order valence-corrected chi connectivity index (χ1v) is 13.0. The average Bonchev–Trinajstić information content (AvgIpc) is 2.86. The molecule has 0 fully saturated rings. The van der Waals surface area contributed by atoms with Crippen molar-refractivity contribution in [2.75, 3.05) is 6.61 Å². The Morgan fingerprint density at radius 1 is 0.697 bits per heavy atom. The third-order valence-corrected chi connectivity index (χ3v) is 6.44. The molecule has 0 saturated carbocycles. The third-order valence-electron chi connectivity index (χ3n) is 6.44. The minimum Gasteiger partial charge on any atom is -0.494 e. The lowest BCUT2D eigenvalue weighted by molar-refractivity contribution is 0.304. The molecule has 1 atom stereocenters. The van der Waals surface area contributed by atoms with Gasteiger partial charge in [0.05, 0.1) is 6.61 Å². The SMILES string of the molecule is CCCCCCCCCOc1ccc(-c2ccc(C(C)c3ccc(CCC)cn3)cc2)cc1. The lowest BCUT2D eigenvalue weighted by Crippen LogP contribution is -2.00. The van der Waals surface area contributed by atoms with Crippen LogP contribution in [0.3, 0.4) is 0 Å². The second-order valence-corrected chi connectivity index (χ2v) is 9.18. The van der Waals surface area contributed by atoms with Crippen molar-refractivity contribution in [2.24, 2.45) is 0 Å². The minimum absolute atomic E-state index is 0.289. The number of pyridine rings is 1. The molecule has 2 heteroatoms. The average molecular weight is 444 g/mol. The molecule has 1 heterocycles. The Bertz CT molecular complexity index is 913. The molecule has 2 nitrogen and oxygen atoms in total. The van der Waals surface area contributed by atoms with Gasteiger partial charge in [-0.2, -0.15) is 0 Å². The monoisotopic (exact) mass is 443 g/mol. The normalized spacial score (nSPS) is 12.0. The molecule has 0 aliphatic heterocycles. The lowest BCUT2D eigenvalue weighted by Gasteiger charge is -2.13. The fraction of sp³-hybridized carbons (Fsp3) is 0.452. The molecule has 0 aliphatic rings. The molecule has 2 aromatic carbocycles. The van der Waals surface area contributed by atoms with E-state index < -0.39 is 0 Å². The van der Waals surface area contributed by atoms with Crippen LogP contribution in [0.25, 0.3) is 11.1 Å². The Kier molecular flexibility index (Phi) is 10.5. The van der Waals surface area contributed by atoms with E-state index in [1.807, 2.05) is 6.20 Å². The number of aryl methyl sites for hydroxylation is 1. The van der Waals surface area contributed by atoms with Gasteiger partial charge in [0.1, 0.15) is 5.75 Å². The topological polar surface area (TPSA) is 22.1 Å². The van der Waals surface area contributed by atoms with Crippen molar-refractivity contribution in [2.45, 2.75) is 84.5 Å². The molecule has 1 unspecified atom stereocenters. The van der Waals surface area contributed by atoms with Crippen molar-refractivity contribution < 1.29 is 4.74 Å². The van der Waals surface area contributed by atoms with Crippen LogP contribution in [0.2, 0.25) is 0 Å². The van der Waals surface area contributed by atoms with Crippen LogP contribution in [0.5, 0.6) is 5.75 Å². The van der Waals surface area contributed by atoms with Gasteiger partial charge in [-0.3, -0.25) is 4.98 Å². The third kappa shape index (κ3) is 8.03. The van der Waals surface area contributed by atoms with E-state index in [1.54, 1.807) is 0 Å². The first kappa shape index (κ1) is 25.0. The summed E-state index contributed by atoms with van der Waals surface area (Å²) in [5.74, 6) is 1.25. The van der Waals surface area contributed by atoms with Crippen LogP contribution >= 0.6 is 0 Å². The Balaban J connectivity index is 1.48. The van der Waals surface area contributed by atoms with E-state index in [-0.39, 0.29) is 5.92 Å². The molecule has 3 aromatic rings. The Morgan fingerprint density at radius 3 is 1.94 bits per heavy atom. The number of nitrogens with zero attached hydrogens (tertiary/aromatic N) is 1. The molecular weight excluding hydrogens is 402 g/mol. The molecule has 0 saturated heterocycles. The van der Waals surface area contributed by atoms with Crippen LogP contribution < -0.4 is 4.74 Å². The van der Waals surface area contributed by atoms with Gasteiger partial charge < -0.3 is 4.74 Å². The first-order valence-electron chi connectivity index (χ1n) is 13.0. The van der Waals surface area contributed by atoms with Crippen molar-refractivity contribution in [1.29, 1.82) is 0 Å². The molecule has 1 aromatic heterocycles. The van der Waals surface area contributed by atoms with Crippen LogP contribution in [-0.4, -0.2) is 11.6 Å². The van der Waals surface area contributed by atoms with E-state index >= 15 is 0 Å². The smallest absolute Gasteiger partial charge is 0.119 e. The summed E-state index contributed by atoms with van der Waals surface area (Å²) in [7, 11) is 0. The van der Waals surface area contributed by atoms with Crippen molar-refractivity contribution in [1.82, 2.24) is 4.98 Å². The summed E-state index contributed by atoms with van der Waals surface area (Å²) >= 11 is 0. The predicted octanol–water partition coefficient (Wildman–Crippen LogP) is 8.98. The molecule has 0 bridgehead atoms. The number of rotatable bonds is 14. The number of ether oxygens (including phenoxy) is 1. The molecule has 0 spiro atoms. The summed E-state index contributed by atoms with van der Waals surface area (Å²) in [4.78, 5) is 4.70. The zero-order valence-corrected chi connectivity index (χ0v) is 20.9. The van der Waals surface area contributed by atoms with Crippen molar-refractivity contribution in [3.63, 3.8) is 0 Å². The van der Waals surface area contributed by atoms with E-state index in [1.165, 1.54) is 60.8 Å². The summed E-state index contributed by atoms with van der Waals surface area (Å²) in [6.45, 7) is 7.51. The van der Waals surface area contributed by atoms with Crippen LogP contribution in [-0.2, 0) is 6.42 Å². The second-order valence-electron chi connectivity index (χ2n) is 9.18. The van der Waals surface area contributed by atoms with E-state index in [2.05, 4.69) is 81.4 Å². The van der Waals surface area contributed by atoms with Gasteiger partial charge in [-0.1, -0.05) is 108 Å². The van der Waals surface area contributed by atoms with Crippen molar-refractivity contribution in [3.8, 4) is 16.9 Å². The maximum atomic E-state index is 5.94. The van der Waals surface area contributed by atoms with Crippen molar-refractivity contribution in [3.05, 3.63) is 83.7 Å². The van der Waals surface area contributed by atoms with E-state index in [9.17, 15) is 0 Å². The number of hydrogen-bond donors (Lipinski definition) is 0. The van der Waals surface area contributed by atoms with Crippen LogP contribution in [0.15, 0.2) is 66.9 Å². The zero-order valence-electron chi connectivity index (χ0n) is 20.9. The number of unbranched alkanes of at least 4 members (excludes halogenated alkanes) is 6. The highest BCUT2D eigenvalue weighted by molar-refractivity contribution is 5.64. The summed E-state index contributed by atoms with van der Waals surface area (Å²) < 4.78 is 5.94. The first-order chi connectivity index (χ1) is 16.2. The molecule has 33 heavy (non-hydrogen) atoms. The molecule has 3 rings (SSSR count). The molecule has 0 N–H and O–H groups in total. The molecule has 0 radical (unpaired) electrons. The Morgan fingerprint density at radius 2 is 1.33 bits per heavy atom. The Hall–Kier alpha value is -2.61. The Labute approximate surface area is 201 Å². The fourth-order valence-electron chi connectivity index (χ4n) is 4.26. The quantitative estimate of drug-likeness (QED) is 0.232. The molecule has 176 valence electrons. The lowest BCUT2D eigenvalue weighted by atomic mass is 9.94. The highest BCUT2D eigenvalue weighted by Crippen LogP contribution is 2.27. The zero-order chi connectivity index (χ0) is 23.3. The van der Waals surface area contributed by atoms with Gasteiger partial charge in [0, 0.05) is 17.8 Å². The second kappa shape index (κ2) is 13.8. The molecular formula is C31H41NO. The summed E-state index contributed by atoms with van der Waals surface area (Å²) in [6, 6.07) is 21.8. The van der Waals surface area contributed by atoms with Gasteiger partial charge in [0.25, 0.3) is 0 Å². The van der Waals surface area contributed by atoms with E-state index in [0.717, 1.165) is 37.3 Å². The standard InChI is InChI=1S/C31H41NO/c1-4-6-7-8-9-10-11-23-33-30-20-18-29(19-21-30)28-16-14-27(15-17-28)25(3)31-22-13-26(12-5-2)24-32-31/h13-22,24-25H,4-12,23H2,1-3H3. The van der Waals surface area contributed by atoms with E-state index in [4.69, 9.17) is 9.72 Å². The van der Waals surface area contributed by atoms with E-state index in [0.29, 0.717) is 0 Å². The summed E-state index contributed by atoms with van der Waals surface area (Å²) in [5.41, 5.74) is 6.20. The van der Waals surface area contributed by atoms with Crippen LogP contribution in [0, 0.1) is 0 Å². The number of aromatic nitrogens is 1. The predicted molar refractivity (Wildman–Crippen MR) is 141 cm³/mol. The van der Waals surface area contributed by atoms with Gasteiger partial charge >= 0.3 is 0 Å². The minimum atomic E-state index is 0.289. The maximum absolute atomic E-state index is 5.94. The highest BCUT2D eigenvalue weighted by atomic mass is 16.5. The van der Waals surface area contributed by atoms with Gasteiger partial charge in [-0.25, -0.2) is 0 Å². The van der Waals surface area contributed by atoms with Gasteiger partial charge in [0.15, 0.2) is 0 Å². The summed E-state index contributed by atoms with van der Waals surface area (Å²) in [5, 5.41) is 0. The number of hydrogen-bond acceptors (Lipinski definition) is 2. The van der Waals surface area contributed by atoms with Crippen LogP contribution in [0.1, 0.15) is 94.9 Å². The maximum Gasteiger partial charge on any atom is 0.119 e. The van der Waals surface area contributed by atoms with Gasteiger partial charge in [-0.05, 0) is 53.3 Å². The van der Waals surface area contributed by atoms with Gasteiger partial charge in [0.2, 0.25) is 0 Å². The molecule has 0 aliphatic carbocycles. The van der Waals surface area contributed by atoms with Crippen LogP contribution in [0.4, 0.5) is 0 Å². The van der Waals surface area contributed by atoms with Crippen molar-refractivity contribution >= 4 is 0 Å². The number of benzene rings is 2. The van der Waals surface area contributed by atoms with Gasteiger partial charge in [-0.15, -0.1) is 0 Å².